The molecule has 0 bridgehead atoms. The number of fused-ring (bicyclic) bond motifs is 1. The van der Waals surface area contributed by atoms with Crippen molar-refractivity contribution in [2.24, 2.45) is 0 Å². The molecule has 0 aromatic rings. The number of ether oxygens (including phenoxy) is 6. The summed E-state index contributed by atoms with van der Waals surface area (Å²) in [7, 11) is 1.58. The third-order valence-corrected chi connectivity index (χ3v) is 2.97. The van der Waals surface area contributed by atoms with Crippen molar-refractivity contribution in [2.45, 2.75) is 44.2 Å². The molecule has 0 amide bonds. The van der Waals surface area contributed by atoms with E-state index in [4.69, 9.17) is 28.4 Å². The fraction of sp³-hybridized carbons (Fsp3) is 0.846. The van der Waals surface area contributed by atoms with Gasteiger partial charge in [0.15, 0.2) is 12.1 Å². The predicted octanol–water partition coefficient (Wildman–Crippen LogP) is 1.05. The van der Waals surface area contributed by atoms with Crippen LogP contribution >= 0.6 is 0 Å². The molecule has 4 atom stereocenters. The van der Waals surface area contributed by atoms with Crippen LogP contribution in [0, 0.1) is 0 Å². The standard InChI is InChI=1S/C13H22O6/c1-5-6-16-12-11-10(18-13(2,3)19-11)9(17-12)7-15-8-14-4/h5,9-12H,1,6-8H2,2-4H3/t9-,10+,11+,12+/m1/s1. The monoisotopic (exact) mass is 274 g/mol. The highest BCUT2D eigenvalue weighted by Crippen LogP contribution is 2.39. The molecule has 2 heterocycles. The molecule has 19 heavy (non-hydrogen) atoms. The largest absolute Gasteiger partial charge is 0.359 e. The molecule has 0 aromatic carbocycles. The zero-order valence-corrected chi connectivity index (χ0v) is 11.7. The van der Waals surface area contributed by atoms with Gasteiger partial charge in [0.1, 0.15) is 25.1 Å². The lowest BCUT2D eigenvalue weighted by atomic mass is 10.1. The second kappa shape index (κ2) is 6.30. The maximum atomic E-state index is 5.85. The van der Waals surface area contributed by atoms with Crippen LogP contribution in [0.2, 0.25) is 0 Å². The average Bonchev–Trinajstić information content (AvgIpc) is 2.82. The molecule has 0 N–H and O–H groups in total. The smallest absolute Gasteiger partial charge is 0.187 e. The first-order chi connectivity index (χ1) is 9.07. The van der Waals surface area contributed by atoms with Crippen molar-refractivity contribution in [3.8, 4) is 0 Å². The van der Waals surface area contributed by atoms with E-state index in [-0.39, 0.29) is 25.1 Å². The van der Waals surface area contributed by atoms with Crippen molar-refractivity contribution in [3.63, 3.8) is 0 Å². The fourth-order valence-corrected chi connectivity index (χ4v) is 2.32. The Hall–Kier alpha value is -0.500. The summed E-state index contributed by atoms with van der Waals surface area (Å²) < 4.78 is 33.2. The van der Waals surface area contributed by atoms with Crippen LogP contribution in [0.25, 0.3) is 0 Å². The molecular formula is C13H22O6. The maximum absolute atomic E-state index is 5.85. The Kier molecular flexibility index (Phi) is 4.94. The van der Waals surface area contributed by atoms with Gasteiger partial charge in [-0.2, -0.15) is 0 Å². The van der Waals surface area contributed by atoms with Crippen molar-refractivity contribution in [1.29, 1.82) is 0 Å². The molecular weight excluding hydrogens is 252 g/mol. The van der Waals surface area contributed by atoms with E-state index in [0.717, 1.165) is 0 Å². The van der Waals surface area contributed by atoms with Crippen molar-refractivity contribution in [1.82, 2.24) is 0 Å². The summed E-state index contributed by atoms with van der Waals surface area (Å²) in [6.45, 7) is 8.38. The normalized spacial score (nSPS) is 36.4. The molecule has 110 valence electrons. The van der Waals surface area contributed by atoms with Gasteiger partial charge in [0, 0.05) is 7.11 Å². The topological polar surface area (TPSA) is 55.4 Å². The zero-order chi connectivity index (χ0) is 13.9. The number of rotatable bonds is 7. The van der Waals surface area contributed by atoms with Crippen molar-refractivity contribution < 1.29 is 28.4 Å². The molecule has 0 radical (unpaired) electrons. The summed E-state index contributed by atoms with van der Waals surface area (Å²) in [5.74, 6) is -0.631. The van der Waals surface area contributed by atoms with E-state index in [1.165, 1.54) is 0 Å². The van der Waals surface area contributed by atoms with E-state index >= 15 is 0 Å². The second-order valence-electron chi connectivity index (χ2n) is 5.01. The first-order valence-corrected chi connectivity index (χ1v) is 6.37. The SMILES string of the molecule is C=CCO[C@H]1O[C@H](COCOC)[C@@H]2OC(C)(C)O[C@H]12. The Morgan fingerprint density at radius 2 is 2.00 bits per heavy atom. The van der Waals surface area contributed by atoms with Crippen molar-refractivity contribution in [2.75, 3.05) is 27.1 Å². The molecule has 2 fully saturated rings. The first kappa shape index (κ1) is 14.9. The van der Waals surface area contributed by atoms with Crippen LogP contribution < -0.4 is 0 Å². The van der Waals surface area contributed by atoms with Gasteiger partial charge in [-0.15, -0.1) is 6.58 Å². The van der Waals surface area contributed by atoms with Gasteiger partial charge in [-0.3, -0.25) is 0 Å². The third kappa shape index (κ3) is 3.53. The highest BCUT2D eigenvalue weighted by Gasteiger charge is 2.55. The minimum atomic E-state index is -0.631. The van der Waals surface area contributed by atoms with Crippen LogP contribution in [-0.4, -0.2) is 57.5 Å². The molecule has 0 aromatic heterocycles. The van der Waals surface area contributed by atoms with Crippen LogP contribution in [0.5, 0.6) is 0 Å². The lowest BCUT2D eigenvalue weighted by Crippen LogP contribution is -2.33. The van der Waals surface area contributed by atoms with Crippen LogP contribution in [0.3, 0.4) is 0 Å². The van der Waals surface area contributed by atoms with Crippen LogP contribution in [0.15, 0.2) is 12.7 Å². The Morgan fingerprint density at radius 1 is 1.26 bits per heavy atom. The second-order valence-corrected chi connectivity index (χ2v) is 5.01. The quantitative estimate of drug-likeness (QED) is 0.393. The molecule has 0 spiro atoms. The highest BCUT2D eigenvalue weighted by atomic mass is 16.8. The van der Waals surface area contributed by atoms with Gasteiger partial charge < -0.3 is 28.4 Å². The Morgan fingerprint density at radius 3 is 2.68 bits per heavy atom. The fourth-order valence-electron chi connectivity index (χ4n) is 2.32. The van der Waals surface area contributed by atoms with E-state index in [1.54, 1.807) is 13.2 Å². The van der Waals surface area contributed by atoms with Gasteiger partial charge in [-0.05, 0) is 13.8 Å². The lowest BCUT2D eigenvalue weighted by molar-refractivity contribution is -0.237. The molecule has 0 saturated carbocycles. The number of methoxy groups -OCH3 is 1. The van der Waals surface area contributed by atoms with E-state index in [1.807, 2.05) is 13.8 Å². The molecule has 2 aliphatic heterocycles. The molecule has 6 nitrogen and oxygen atoms in total. The van der Waals surface area contributed by atoms with Gasteiger partial charge in [-0.25, -0.2) is 0 Å². The van der Waals surface area contributed by atoms with Crippen LogP contribution in [0.1, 0.15) is 13.8 Å². The highest BCUT2D eigenvalue weighted by molar-refractivity contribution is 4.95. The van der Waals surface area contributed by atoms with Gasteiger partial charge in [-0.1, -0.05) is 6.08 Å². The molecule has 0 unspecified atom stereocenters. The van der Waals surface area contributed by atoms with Crippen LogP contribution in [-0.2, 0) is 28.4 Å². The lowest BCUT2D eigenvalue weighted by Gasteiger charge is -2.23. The van der Waals surface area contributed by atoms with Gasteiger partial charge >= 0.3 is 0 Å². The van der Waals surface area contributed by atoms with Gasteiger partial charge in [0.2, 0.25) is 0 Å². The Bertz CT molecular complexity index is 306. The summed E-state index contributed by atoms with van der Waals surface area (Å²) in [4.78, 5) is 0. The molecule has 2 aliphatic rings. The zero-order valence-electron chi connectivity index (χ0n) is 11.7. The molecule has 2 rings (SSSR count). The molecule has 0 aliphatic carbocycles. The van der Waals surface area contributed by atoms with E-state index in [9.17, 15) is 0 Å². The first-order valence-electron chi connectivity index (χ1n) is 6.37. The summed E-state index contributed by atoms with van der Waals surface area (Å²) in [5.41, 5.74) is 0. The summed E-state index contributed by atoms with van der Waals surface area (Å²) in [5, 5.41) is 0. The minimum Gasteiger partial charge on any atom is -0.359 e. The van der Waals surface area contributed by atoms with Gasteiger partial charge in [0.25, 0.3) is 0 Å². The van der Waals surface area contributed by atoms with E-state index in [0.29, 0.717) is 13.2 Å². The van der Waals surface area contributed by atoms with Crippen molar-refractivity contribution >= 4 is 0 Å². The number of hydrogen-bond acceptors (Lipinski definition) is 6. The van der Waals surface area contributed by atoms with E-state index < -0.39 is 12.1 Å². The number of hydrogen-bond donors (Lipinski definition) is 0. The average molecular weight is 274 g/mol. The predicted molar refractivity (Wildman–Crippen MR) is 66.5 cm³/mol. The van der Waals surface area contributed by atoms with Crippen molar-refractivity contribution in [3.05, 3.63) is 12.7 Å². The Labute approximate surface area is 113 Å². The minimum absolute atomic E-state index is 0.193. The van der Waals surface area contributed by atoms with Crippen LogP contribution in [0.4, 0.5) is 0 Å². The summed E-state index contributed by atoms with van der Waals surface area (Å²) in [6, 6.07) is 0. The Balaban J connectivity index is 1.95. The van der Waals surface area contributed by atoms with Gasteiger partial charge in [0.05, 0.1) is 13.2 Å². The maximum Gasteiger partial charge on any atom is 0.187 e. The summed E-state index contributed by atoms with van der Waals surface area (Å²) in [6.07, 6.45) is 0.555. The molecule has 2 saturated heterocycles. The summed E-state index contributed by atoms with van der Waals surface area (Å²) >= 11 is 0. The third-order valence-electron chi connectivity index (χ3n) is 2.97. The van der Waals surface area contributed by atoms with E-state index in [2.05, 4.69) is 6.58 Å². The molecule has 6 heteroatoms.